The maximum Gasteiger partial charge on any atom is 0.271 e. The van der Waals surface area contributed by atoms with Gasteiger partial charge in [-0.2, -0.15) is 0 Å². The van der Waals surface area contributed by atoms with Crippen LogP contribution in [0.1, 0.15) is 6.92 Å². The fourth-order valence-corrected chi connectivity index (χ4v) is 3.82. The van der Waals surface area contributed by atoms with E-state index >= 15 is 0 Å². The van der Waals surface area contributed by atoms with Gasteiger partial charge in [0.2, 0.25) is 15.9 Å². The number of anilines is 2. The van der Waals surface area contributed by atoms with Crippen molar-refractivity contribution in [3.8, 4) is 0 Å². The molecule has 0 unspecified atom stereocenters. The van der Waals surface area contributed by atoms with E-state index in [0.29, 0.717) is 5.02 Å². The highest BCUT2D eigenvalue weighted by atomic mass is 35.5. The molecule has 0 aromatic heterocycles. The number of carbonyl (C=O) groups excluding carboxylic acids is 1. The SMILES string of the molecule is C[C@H](C(=O)Nc1cc([N+](=O)[O-])ccc1Cl)N(c1ccc(Cl)cc1)S(C)(=O)=O. The number of halogens is 2. The lowest BCUT2D eigenvalue weighted by Gasteiger charge is -2.28. The third-order valence-corrected chi connectivity index (χ3v) is 5.41. The van der Waals surface area contributed by atoms with Crippen molar-refractivity contribution in [3.05, 3.63) is 62.6 Å². The van der Waals surface area contributed by atoms with Gasteiger partial charge in [-0.1, -0.05) is 23.2 Å². The zero-order chi connectivity index (χ0) is 20.4. The quantitative estimate of drug-likeness (QED) is 0.553. The molecule has 8 nitrogen and oxygen atoms in total. The average molecular weight is 432 g/mol. The number of non-ortho nitro benzene ring substituents is 1. The number of carbonyl (C=O) groups is 1. The summed E-state index contributed by atoms with van der Waals surface area (Å²) in [5, 5.41) is 13.8. The van der Waals surface area contributed by atoms with Crippen LogP contribution in [-0.4, -0.2) is 31.5 Å². The second kappa shape index (κ2) is 8.12. The summed E-state index contributed by atoms with van der Waals surface area (Å²) in [5.74, 6) is -0.710. The molecule has 2 aromatic rings. The van der Waals surface area contributed by atoms with E-state index in [1.165, 1.54) is 43.3 Å². The van der Waals surface area contributed by atoms with Gasteiger partial charge in [-0.05, 0) is 37.3 Å². The predicted molar refractivity (Wildman–Crippen MR) is 105 cm³/mol. The van der Waals surface area contributed by atoms with Crippen molar-refractivity contribution in [2.45, 2.75) is 13.0 Å². The molecule has 1 amide bonds. The molecule has 1 atom stereocenters. The van der Waals surface area contributed by atoms with E-state index in [9.17, 15) is 23.3 Å². The molecule has 144 valence electrons. The van der Waals surface area contributed by atoms with E-state index in [-0.39, 0.29) is 22.1 Å². The van der Waals surface area contributed by atoms with E-state index < -0.39 is 26.9 Å². The first kappa shape index (κ1) is 20.9. The number of amides is 1. The van der Waals surface area contributed by atoms with Crippen molar-refractivity contribution < 1.29 is 18.1 Å². The molecule has 27 heavy (non-hydrogen) atoms. The molecule has 0 aliphatic heterocycles. The zero-order valence-corrected chi connectivity index (χ0v) is 16.5. The molecule has 0 bridgehead atoms. The molecule has 0 aliphatic carbocycles. The van der Waals surface area contributed by atoms with Crippen LogP contribution >= 0.6 is 23.2 Å². The normalized spacial score (nSPS) is 12.3. The molecule has 0 saturated carbocycles. The fraction of sp³-hybridized carbons (Fsp3) is 0.188. The Kier molecular flexibility index (Phi) is 6.30. The Morgan fingerprint density at radius 3 is 2.30 bits per heavy atom. The molecule has 0 spiro atoms. The van der Waals surface area contributed by atoms with Crippen LogP contribution in [0.3, 0.4) is 0 Å². The van der Waals surface area contributed by atoms with Gasteiger partial charge in [0.15, 0.2) is 0 Å². The topological polar surface area (TPSA) is 110 Å². The van der Waals surface area contributed by atoms with Crippen LogP contribution in [0.4, 0.5) is 17.1 Å². The number of sulfonamides is 1. The van der Waals surface area contributed by atoms with Gasteiger partial charge in [0, 0.05) is 17.2 Å². The highest BCUT2D eigenvalue weighted by Crippen LogP contribution is 2.28. The highest BCUT2D eigenvalue weighted by molar-refractivity contribution is 7.92. The van der Waals surface area contributed by atoms with Crippen molar-refractivity contribution in [2.24, 2.45) is 0 Å². The summed E-state index contributed by atoms with van der Waals surface area (Å²) in [6, 6.07) is 8.33. The van der Waals surface area contributed by atoms with Crippen LogP contribution in [0, 0.1) is 10.1 Å². The lowest BCUT2D eigenvalue weighted by molar-refractivity contribution is -0.384. The number of nitrogens with zero attached hydrogens (tertiary/aromatic N) is 2. The van der Waals surface area contributed by atoms with Crippen LogP contribution in [0.2, 0.25) is 10.0 Å². The molecule has 2 rings (SSSR count). The first-order valence-corrected chi connectivity index (χ1v) is 10.1. The summed E-state index contributed by atoms with van der Waals surface area (Å²) < 4.78 is 25.4. The van der Waals surface area contributed by atoms with E-state index in [1.807, 2.05) is 0 Å². The zero-order valence-electron chi connectivity index (χ0n) is 14.2. The summed E-state index contributed by atoms with van der Waals surface area (Å²) in [4.78, 5) is 22.9. The van der Waals surface area contributed by atoms with Crippen molar-refractivity contribution in [1.82, 2.24) is 0 Å². The van der Waals surface area contributed by atoms with Crippen LogP contribution in [0.25, 0.3) is 0 Å². The smallest absolute Gasteiger partial charge is 0.271 e. The van der Waals surface area contributed by atoms with E-state index in [0.717, 1.165) is 16.6 Å². The Balaban J connectivity index is 2.34. The molecular weight excluding hydrogens is 417 g/mol. The van der Waals surface area contributed by atoms with Crippen molar-refractivity contribution in [2.75, 3.05) is 15.9 Å². The third-order valence-electron chi connectivity index (χ3n) is 3.59. The molecule has 2 aromatic carbocycles. The number of hydrogen-bond donors (Lipinski definition) is 1. The third kappa shape index (κ3) is 5.09. The minimum atomic E-state index is -3.81. The van der Waals surface area contributed by atoms with Gasteiger partial charge in [-0.15, -0.1) is 0 Å². The molecule has 0 heterocycles. The average Bonchev–Trinajstić information content (AvgIpc) is 2.57. The molecule has 1 N–H and O–H groups in total. The largest absolute Gasteiger partial charge is 0.323 e. The van der Waals surface area contributed by atoms with Crippen molar-refractivity contribution >= 4 is 56.2 Å². The Morgan fingerprint density at radius 2 is 1.78 bits per heavy atom. The monoisotopic (exact) mass is 431 g/mol. The standard InChI is InChI=1S/C16H15Cl2N3O5S/c1-10(20(27(2,25)26)12-5-3-11(17)4-6-12)16(22)19-15-9-13(21(23)24)7-8-14(15)18/h3-10H,1-2H3,(H,19,22)/t10-/m1/s1. The minimum absolute atomic E-state index is 0.00674. The summed E-state index contributed by atoms with van der Waals surface area (Å²) in [6.45, 7) is 1.39. The van der Waals surface area contributed by atoms with Crippen LogP contribution in [-0.2, 0) is 14.8 Å². The maximum atomic E-state index is 12.6. The lowest BCUT2D eigenvalue weighted by Crippen LogP contribution is -2.45. The van der Waals surface area contributed by atoms with Gasteiger partial charge in [0.1, 0.15) is 6.04 Å². The molecular formula is C16H15Cl2N3O5S. The second-order valence-corrected chi connectivity index (χ2v) is 8.32. The highest BCUT2D eigenvalue weighted by Gasteiger charge is 2.29. The van der Waals surface area contributed by atoms with E-state index in [4.69, 9.17) is 23.2 Å². The second-order valence-electron chi connectivity index (χ2n) is 5.62. The maximum absolute atomic E-state index is 12.6. The Labute approximate surface area is 165 Å². The Morgan fingerprint density at radius 1 is 1.19 bits per heavy atom. The van der Waals surface area contributed by atoms with Gasteiger partial charge in [0.05, 0.1) is 27.6 Å². The Hall–Kier alpha value is -2.36. The number of rotatable bonds is 6. The summed E-state index contributed by atoms with van der Waals surface area (Å²) in [6.07, 6.45) is 0.964. The number of hydrogen-bond acceptors (Lipinski definition) is 5. The van der Waals surface area contributed by atoms with Gasteiger partial charge in [-0.3, -0.25) is 19.2 Å². The number of nitro benzene ring substituents is 1. The summed E-state index contributed by atoms with van der Waals surface area (Å²) in [7, 11) is -3.81. The predicted octanol–water partition coefficient (Wildman–Crippen LogP) is 3.69. The summed E-state index contributed by atoms with van der Waals surface area (Å²) >= 11 is 11.8. The molecule has 0 saturated heterocycles. The fourth-order valence-electron chi connectivity index (χ4n) is 2.36. The van der Waals surface area contributed by atoms with Crippen LogP contribution < -0.4 is 9.62 Å². The van der Waals surface area contributed by atoms with E-state index in [2.05, 4.69) is 5.32 Å². The number of nitrogens with one attached hydrogen (secondary N) is 1. The molecule has 0 fully saturated rings. The van der Waals surface area contributed by atoms with Crippen molar-refractivity contribution in [1.29, 1.82) is 0 Å². The van der Waals surface area contributed by atoms with Gasteiger partial charge in [-0.25, -0.2) is 8.42 Å². The molecule has 0 radical (unpaired) electrons. The minimum Gasteiger partial charge on any atom is -0.323 e. The first-order chi connectivity index (χ1) is 12.5. The van der Waals surface area contributed by atoms with Gasteiger partial charge >= 0.3 is 0 Å². The van der Waals surface area contributed by atoms with Crippen LogP contribution in [0.15, 0.2) is 42.5 Å². The molecule has 0 aliphatic rings. The van der Waals surface area contributed by atoms with E-state index in [1.54, 1.807) is 0 Å². The lowest BCUT2D eigenvalue weighted by atomic mass is 10.2. The van der Waals surface area contributed by atoms with Crippen LogP contribution in [0.5, 0.6) is 0 Å². The van der Waals surface area contributed by atoms with Gasteiger partial charge < -0.3 is 5.32 Å². The van der Waals surface area contributed by atoms with Gasteiger partial charge in [0.25, 0.3) is 5.69 Å². The number of nitro groups is 1. The Bertz CT molecular complexity index is 980. The summed E-state index contributed by atoms with van der Waals surface area (Å²) in [5.41, 5.74) is -0.0120. The number of benzene rings is 2. The first-order valence-electron chi connectivity index (χ1n) is 7.50. The molecule has 11 heteroatoms. The van der Waals surface area contributed by atoms with Crippen molar-refractivity contribution in [3.63, 3.8) is 0 Å².